The molecule has 334 valence electrons. The number of benzene rings is 8. The lowest BCUT2D eigenvalue weighted by Crippen LogP contribution is -1.96. The van der Waals surface area contributed by atoms with Gasteiger partial charge in [0.15, 0.2) is 0 Å². The second-order valence-electron chi connectivity index (χ2n) is 19.1. The number of para-hydroxylation sites is 1. The summed E-state index contributed by atoms with van der Waals surface area (Å²) >= 11 is 0. The van der Waals surface area contributed by atoms with Crippen molar-refractivity contribution in [3.63, 3.8) is 0 Å². The van der Waals surface area contributed by atoms with Crippen LogP contribution in [0.5, 0.6) is 0 Å². The largest absolute Gasteiger partial charge is 0.309 e. The zero-order chi connectivity index (χ0) is 45.4. The van der Waals surface area contributed by atoms with Gasteiger partial charge in [0.25, 0.3) is 0 Å². The number of hydrogen-bond acceptors (Lipinski definition) is 0. The van der Waals surface area contributed by atoms with E-state index in [4.69, 9.17) is 0 Å². The van der Waals surface area contributed by atoms with E-state index in [0.717, 1.165) is 31.4 Å². The van der Waals surface area contributed by atoms with E-state index in [1.807, 2.05) is 0 Å². The molecule has 3 heterocycles. The first-order chi connectivity index (χ1) is 33.0. The fourth-order valence-corrected chi connectivity index (χ4v) is 10.9. The van der Waals surface area contributed by atoms with Gasteiger partial charge in [-0.05, 0) is 182 Å². The average Bonchev–Trinajstić information content (AvgIpc) is 4.00. The zero-order valence-electron chi connectivity index (χ0n) is 39.9. The third-order valence-corrected chi connectivity index (χ3v) is 14.6. The summed E-state index contributed by atoms with van der Waals surface area (Å²) in [5.41, 5.74) is 19.3. The Hall–Kier alpha value is -6.84. The molecule has 0 fully saturated rings. The van der Waals surface area contributed by atoms with Gasteiger partial charge in [0.1, 0.15) is 0 Å². The van der Waals surface area contributed by atoms with Gasteiger partial charge < -0.3 is 13.7 Å². The lowest BCUT2D eigenvalue weighted by Gasteiger charge is -2.12. The second-order valence-corrected chi connectivity index (χ2v) is 19.1. The number of rotatable bonds is 16. The van der Waals surface area contributed by atoms with Crippen LogP contribution in [0.15, 0.2) is 164 Å². The lowest BCUT2D eigenvalue weighted by molar-refractivity contribution is 0.795. The van der Waals surface area contributed by atoms with Gasteiger partial charge in [0.05, 0.1) is 33.1 Å². The molecule has 0 saturated carbocycles. The predicted molar refractivity (Wildman–Crippen MR) is 289 cm³/mol. The minimum absolute atomic E-state index is 1.12. The average molecular weight is 874 g/mol. The molecule has 0 saturated heterocycles. The number of aryl methyl sites for hydroxylation is 4. The zero-order valence-corrected chi connectivity index (χ0v) is 39.9. The number of aromatic nitrogens is 3. The third kappa shape index (κ3) is 7.83. The fraction of sp³-hybridized carbons (Fsp3) is 0.250. The van der Waals surface area contributed by atoms with Gasteiger partial charge in [-0.2, -0.15) is 0 Å². The molecule has 0 radical (unpaired) electrons. The molecule has 8 aromatic carbocycles. The quantitative estimate of drug-likeness (QED) is 0.0919. The summed E-state index contributed by atoms with van der Waals surface area (Å²) in [4.78, 5) is 0. The van der Waals surface area contributed by atoms with Crippen molar-refractivity contribution >= 4 is 65.4 Å². The molecule has 0 unspecified atom stereocenters. The molecule has 3 aromatic heterocycles. The van der Waals surface area contributed by atoms with Gasteiger partial charge in [-0.25, -0.2) is 0 Å². The van der Waals surface area contributed by atoms with Gasteiger partial charge in [0, 0.05) is 49.4 Å². The van der Waals surface area contributed by atoms with E-state index in [9.17, 15) is 0 Å². The van der Waals surface area contributed by atoms with Gasteiger partial charge in [-0.3, -0.25) is 0 Å². The summed E-state index contributed by atoms with van der Waals surface area (Å²) < 4.78 is 7.41. The van der Waals surface area contributed by atoms with Crippen molar-refractivity contribution in [2.45, 2.75) is 105 Å². The highest BCUT2D eigenvalue weighted by Crippen LogP contribution is 2.39. The van der Waals surface area contributed by atoms with E-state index in [0.29, 0.717) is 0 Å². The number of hydrogen-bond donors (Lipinski definition) is 0. The smallest absolute Gasteiger partial charge is 0.0542 e. The van der Waals surface area contributed by atoms with E-state index < -0.39 is 0 Å². The summed E-state index contributed by atoms with van der Waals surface area (Å²) in [6.07, 6.45) is 14.2. The van der Waals surface area contributed by atoms with Crippen LogP contribution in [0.3, 0.4) is 0 Å². The molecule has 0 aliphatic heterocycles. The number of unbranched alkanes of at least 4 members (excludes halogenated alkanes) is 4. The summed E-state index contributed by atoms with van der Waals surface area (Å²) in [7, 11) is 0. The molecule has 11 aromatic rings. The van der Waals surface area contributed by atoms with Crippen LogP contribution in [0.2, 0.25) is 0 Å². The molecule has 0 amide bonds. The molecule has 0 N–H and O–H groups in total. The molecule has 3 nitrogen and oxygen atoms in total. The normalized spacial score (nSPS) is 12.0. The Morgan fingerprint density at radius 3 is 0.940 bits per heavy atom. The van der Waals surface area contributed by atoms with Crippen LogP contribution in [0.25, 0.3) is 93.6 Å². The minimum atomic E-state index is 1.12. The Bertz CT molecular complexity index is 3420. The van der Waals surface area contributed by atoms with Gasteiger partial charge >= 0.3 is 0 Å². The number of nitrogens with zero attached hydrogens (tertiary/aromatic N) is 3. The molecule has 0 aliphatic carbocycles. The highest BCUT2D eigenvalue weighted by atomic mass is 15.0. The molecule has 11 rings (SSSR count). The molecule has 0 bridgehead atoms. The molecule has 0 atom stereocenters. The first-order valence-electron chi connectivity index (χ1n) is 25.4. The maximum Gasteiger partial charge on any atom is 0.0542 e. The van der Waals surface area contributed by atoms with Gasteiger partial charge in [0.2, 0.25) is 0 Å². The molecule has 0 spiro atoms. The summed E-state index contributed by atoms with van der Waals surface area (Å²) in [6.45, 7) is 9.12. The summed E-state index contributed by atoms with van der Waals surface area (Å²) in [6, 6.07) is 63.0. The van der Waals surface area contributed by atoms with E-state index in [1.54, 1.807) is 0 Å². The molecule has 3 heteroatoms. The van der Waals surface area contributed by atoms with Crippen molar-refractivity contribution in [3.8, 4) is 28.2 Å². The van der Waals surface area contributed by atoms with Crippen molar-refractivity contribution in [3.05, 3.63) is 186 Å². The fourth-order valence-electron chi connectivity index (χ4n) is 10.9. The molecular weight excluding hydrogens is 811 g/mol. The highest BCUT2D eigenvalue weighted by Gasteiger charge is 2.19. The van der Waals surface area contributed by atoms with Crippen molar-refractivity contribution in [1.82, 2.24) is 13.7 Å². The first kappa shape index (κ1) is 42.8. The monoisotopic (exact) mass is 874 g/mol. The number of fused-ring (bicyclic) bond motifs is 9. The van der Waals surface area contributed by atoms with Crippen LogP contribution in [0.1, 0.15) is 101 Å². The van der Waals surface area contributed by atoms with Crippen LogP contribution in [-0.4, -0.2) is 13.7 Å². The second kappa shape index (κ2) is 18.4. The Labute approximate surface area is 396 Å². The van der Waals surface area contributed by atoms with Crippen LogP contribution < -0.4 is 0 Å². The van der Waals surface area contributed by atoms with Crippen molar-refractivity contribution in [2.24, 2.45) is 0 Å². The third-order valence-electron chi connectivity index (χ3n) is 14.6. The first-order valence-corrected chi connectivity index (χ1v) is 25.4. The molecular formula is C64H63N3. The van der Waals surface area contributed by atoms with Crippen molar-refractivity contribution in [1.29, 1.82) is 0 Å². The summed E-state index contributed by atoms with van der Waals surface area (Å²) in [5.74, 6) is 0. The van der Waals surface area contributed by atoms with E-state index in [-0.39, 0.29) is 0 Å². The van der Waals surface area contributed by atoms with Crippen molar-refractivity contribution < 1.29 is 0 Å². The Kier molecular flexibility index (Phi) is 11.8. The maximum atomic E-state index is 2.50. The van der Waals surface area contributed by atoms with Crippen LogP contribution >= 0.6 is 0 Å². The molecule has 0 aliphatic rings. The van der Waals surface area contributed by atoms with E-state index >= 15 is 0 Å². The van der Waals surface area contributed by atoms with Crippen LogP contribution in [0.4, 0.5) is 0 Å². The predicted octanol–water partition coefficient (Wildman–Crippen LogP) is 18.0. The topological polar surface area (TPSA) is 14.8 Å². The lowest BCUT2D eigenvalue weighted by atomic mass is 10.0. The standard InChI is InChI=1S/C64H63N3/c1-5-9-15-44-21-34-60-54(39-44)55-40-45(16-10-6-2)22-35-61(55)66(60)51-31-27-49(28-32-51)48-25-29-50(30-26-48)65-59-20-14-13-19-53(59)58-43-52(33-38-64(58)65)67-62-36-23-46(17-11-7-3)41-56(62)57-42-47(18-12-8-4)24-37-63(57)67/h13-14,19-43H,5-12,15-18H2,1-4H3. The van der Waals surface area contributed by atoms with E-state index in [2.05, 4.69) is 205 Å². The highest BCUT2D eigenvalue weighted by molar-refractivity contribution is 6.13. The Morgan fingerprint density at radius 2 is 0.567 bits per heavy atom. The van der Waals surface area contributed by atoms with Crippen molar-refractivity contribution in [2.75, 3.05) is 0 Å². The Balaban J connectivity index is 0.945. The van der Waals surface area contributed by atoms with Crippen LogP contribution in [-0.2, 0) is 25.7 Å². The molecule has 67 heavy (non-hydrogen) atoms. The van der Waals surface area contributed by atoms with Gasteiger partial charge in [-0.1, -0.05) is 120 Å². The van der Waals surface area contributed by atoms with Gasteiger partial charge in [-0.15, -0.1) is 0 Å². The van der Waals surface area contributed by atoms with E-state index in [1.165, 1.54) is 162 Å². The Morgan fingerprint density at radius 1 is 0.269 bits per heavy atom. The summed E-state index contributed by atoms with van der Waals surface area (Å²) in [5, 5.41) is 7.98. The maximum absolute atomic E-state index is 2.50. The van der Waals surface area contributed by atoms with Crippen LogP contribution in [0, 0.1) is 0 Å². The SMILES string of the molecule is CCCCc1ccc2c(c1)c1cc(CCCC)ccc1n2-c1ccc(-c2ccc(-n3c4ccccc4c4cc(-n5c6ccc(CCCC)cc6c6cc(CCCC)ccc65)ccc43)cc2)cc1. The minimum Gasteiger partial charge on any atom is -0.309 e.